The van der Waals surface area contributed by atoms with Gasteiger partial charge < -0.3 is 0 Å². The molecule has 310 valence electrons. The summed E-state index contributed by atoms with van der Waals surface area (Å²) in [5.74, 6) is 0. The lowest BCUT2D eigenvalue weighted by molar-refractivity contribution is 1.26. The minimum atomic E-state index is 1.21. The Labute approximate surface area is 372 Å². The molecule has 0 aliphatic carbocycles. The van der Waals surface area contributed by atoms with Crippen LogP contribution in [-0.4, -0.2) is 0 Å². The normalized spacial score (nSPS) is 11.4. The van der Waals surface area contributed by atoms with E-state index in [1.807, 2.05) is 0 Å². The molecule has 0 saturated heterocycles. The third-order valence-electron chi connectivity index (χ3n) is 14.5. The molecule has 0 heteroatoms. The molecule has 0 N–H and O–H groups in total. The summed E-state index contributed by atoms with van der Waals surface area (Å²) in [6.45, 7) is 31.6. The molecule has 0 aliphatic rings. The maximum Gasteiger partial charge on any atom is -0.0142 e. The molecule has 0 aliphatic heterocycles. The number of rotatable bonds is 7. The monoisotopic (exact) mass is 806 g/mol. The van der Waals surface area contributed by atoms with Crippen molar-refractivity contribution in [2.45, 2.75) is 96.9 Å². The summed E-state index contributed by atoms with van der Waals surface area (Å²) in [7, 11) is 0. The Bertz CT molecular complexity index is 2640. The maximum absolute atomic E-state index is 2.45. The summed E-state index contributed by atoms with van der Waals surface area (Å²) >= 11 is 0. The molecular weight excluding hydrogens is 745 g/mol. The molecule has 0 spiro atoms. The Morgan fingerprint density at radius 3 is 0.629 bits per heavy atom. The second-order valence-electron chi connectivity index (χ2n) is 18.5. The SMILES string of the molecule is Cc1cc(-c2cc(-c3cc(-c4ccccc4)cc(-c4cc(-c5cc(C)c(C)c(C)c5)c(C)c(-c5cc(C)c(C)c(C)c5)c4)c3)cc(-c3cc(C)c(C)c(C)c3)c2C)cc(C)c1C. The van der Waals surface area contributed by atoms with Crippen LogP contribution in [0.15, 0.2) is 121 Å². The van der Waals surface area contributed by atoms with Gasteiger partial charge in [0.2, 0.25) is 0 Å². The minimum absolute atomic E-state index is 1.21. The fraction of sp³-hybridized carbons (Fsp3) is 0.226. The summed E-state index contributed by atoms with van der Waals surface area (Å²) in [5, 5.41) is 0. The topological polar surface area (TPSA) is 0 Å². The molecule has 0 fully saturated rings. The third-order valence-corrected chi connectivity index (χ3v) is 14.5. The van der Waals surface area contributed by atoms with Crippen LogP contribution in [0.3, 0.4) is 0 Å². The highest BCUT2D eigenvalue weighted by Crippen LogP contribution is 2.44. The molecule has 62 heavy (non-hydrogen) atoms. The van der Waals surface area contributed by atoms with E-state index in [1.165, 1.54) is 156 Å². The third kappa shape index (κ3) is 7.89. The lowest BCUT2D eigenvalue weighted by Gasteiger charge is -2.21. The molecule has 0 saturated carbocycles. The van der Waals surface area contributed by atoms with Crippen LogP contribution in [0, 0.1) is 96.9 Å². The summed E-state index contributed by atoms with van der Waals surface area (Å²) in [6, 6.07) is 47.0. The maximum atomic E-state index is 2.45. The highest BCUT2D eigenvalue weighted by molar-refractivity contribution is 5.91. The predicted molar refractivity (Wildman–Crippen MR) is 271 cm³/mol. The summed E-state index contributed by atoms with van der Waals surface area (Å²) < 4.78 is 0. The Balaban J connectivity index is 1.44. The zero-order chi connectivity index (χ0) is 44.3. The average molecular weight is 807 g/mol. The van der Waals surface area contributed by atoms with E-state index in [0.29, 0.717) is 0 Å². The van der Waals surface area contributed by atoms with Gasteiger partial charge in [-0.3, -0.25) is 0 Å². The first-order valence-electron chi connectivity index (χ1n) is 22.3. The minimum Gasteiger partial charge on any atom is -0.0622 e. The van der Waals surface area contributed by atoms with Crippen molar-refractivity contribution < 1.29 is 0 Å². The van der Waals surface area contributed by atoms with Crippen LogP contribution in [0.4, 0.5) is 0 Å². The van der Waals surface area contributed by atoms with Crippen LogP contribution in [0.1, 0.15) is 77.9 Å². The van der Waals surface area contributed by atoms with E-state index in [4.69, 9.17) is 0 Å². The van der Waals surface area contributed by atoms with E-state index in [0.717, 1.165) is 0 Å². The molecule has 0 aromatic heterocycles. The Morgan fingerprint density at radius 1 is 0.177 bits per heavy atom. The van der Waals surface area contributed by atoms with Crippen LogP contribution < -0.4 is 0 Å². The van der Waals surface area contributed by atoms with Crippen molar-refractivity contribution >= 4 is 0 Å². The van der Waals surface area contributed by atoms with E-state index < -0.39 is 0 Å². The van der Waals surface area contributed by atoms with Gasteiger partial charge in [0, 0.05) is 0 Å². The number of benzene rings is 8. The average Bonchev–Trinajstić information content (AvgIpc) is 3.25. The van der Waals surface area contributed by atoms with Crippen LogP contribution >= 0.6 is 0 Å². The highest BCUT2D eigenvalue weighted by atomic mass is 14.2. The van der Waals surface area contributed by atoms with Gasteiger partial charge in [-0.25, -0.2) is 0 Å². The first-order valence-corrected chi connectivity index (χ1v) is 22.3. The quantitative estimate of drug-likeness (QED) is 0.150. The fourth-order valence-electron chi connectivity index (χ4n) is 9.48. The first kappa shape index (κ1) is 42.5. The number of hydrogen-bond donors (Lipinski definition) is 0. The number of aryl methyl sites for hydroxylation is 8. The Morgan fingerprint density at radius 2 is 0.387 bits per heavy atom. The van der Waals surface area contributed by atoms with Gasteiger partial charge in [0.1, 0.15) is 0 Å². The lowest BCUT2D eigenvalue weighted by Crippen LogP contribution is -1.97. The fourth-order valence-corrected chi connectivity index (χ4v) is 9.48. The largest absolute Gasteiger partial charge is 0.0622 e. The van der Waals surface area contributed by atoms with Crippen molar-refractivity contribution in [3.8, 4) is 77.9 Å². The molecule has 0 heterocycles. The summed E-state index contributed by atoms with van der Waals surface area (Å²) in [4.78, 5) is 0. The molecule has 8 rings (SSSR count). The van der Waals surface area contributed by atoms with Crippen molar-refractivity contribution in [1.29, 1.82) is 0 Å². The van der Waals surface area contributed by atoms with Crippen molar-refractivity contribution in [3.05, 3.63) is 199 Å². The standard InChI is InChI=1S/C62H62/c1-35-20-55(21-36(2)43(35)9)59-31-53(32-60(47(59)13)56-22-37(3)44(10)38(4)23-56)51-28-50(49-18-16-15-17-19-49)29-52(30-51)54-33-61(57-24-39(5)45(11)40(6)25-57)48(14)62(34-54)58-26-41(7)46(12)42(8)27-58/h15-34H,1-14H3. The van der Waals surface area contributed by atoms with Crippen LogP contribution in [0.2, 0.25) is 0 Å². The second kappa shape index (κ2) is 16.6. The Hall–Kier alpha value is -6.24. The van der Waals surface area contributed by atoms with E-state index in [9.17, 15) is 0 Å². The molecule has 0 atom stereocenters. The smallest absolute Gasteiger partial charge is 0.0142 e. The van der Waals surface area contributed by atoms with Gasteiger partial charge >= 0.3 is 0 Å². The van der Waals surface area contributed by atoms with Gasteiger partial charge in [0.15, 0.2) is 0 Å². The van der Waals surface area contributed by atoms with E-state index in [1.54, 1.807) is 0 Å². The van der Waals surface area contributed by atoms with Crippen molar-refractivity contribution in [3.63, 3.8) is 0 Å². The van der Waals surface area contributed by atoms with Gasteiger partial charge in [-0.2, -0.15) is 0 Å². The van der Waals surface area contributed by atoms with Gasteiger partial charge in [-0.05, 0) is 295 Å². The van der Waals surface area contributed by atoms with Crippen molar-refractivity contribution in [2.24, 2.45) is 0 Å². The zero-order valence-electron chi connectivity index (χ0n) is 39.5. The highest BCUT2D eigenvalue weighted by Gasteiger charge is 2.19. The predicted octanol–water partition coefficient (Wildman–Crippen LogP) is 17.7. The molecule has 0 unspecified atom stereocenters. The first-order chi connectivity index (χ1) is 29.5. The molecular formula is C62H62. The van der Waals surface area contributed by atoms with Gasteiger partial charge in [0.05, 0.1) is 0 Å². The molecule has 0 amide bonds. The van der Waals surface area contributed by atoms with Crippen molar-refractivity contribution in [2.75, 3.05) is 0 Å². The summed E-state index contributed by atoms with van der Waals surface area (Å²) in [5.41, 5.74) is 36.1. The molecule has 8 aromatic rings. The zero-order valence-corrected chi connectivity index (χ0v) is 39.5. The summed E-state index contributed by atoms with van der Waals surface area (Å²) in [6.07, 6.45) is 0. The van der Waals surface area contributed by atoms with E-state index in [-0.39, 0.29) is 0 Å². The Kier molecular flexibility index (Phi) is 11.3. The molecule has 0 nitrogen and oxygen atoms in total. The molecule has 0 bridgehead atoms. The van der Waals surface area contributed by atoms with Crippen LogP contribution in [0.5, 0.6) is 0 Å². The van der Waals surface area contributed by atoms with Gasteiger partial charge in [0.25, 0.3) is 0 Å². The van der Waals surface area contributed by atoms with Gasteiger partial charge in [-0.1, -0.05) is 78.9 Å². The number of hydrogen-bond acceptors (Lipinski definition) is 0. The van der Waals surface area contributed by atoms with Crippen LogP contribution in [0.25, 0.3) is 77.9 Å². The van der Waals surface area contributed by atoms with Crippen LogP contribution in [-0.2, 0) is 0 Å². The van der Waals surface area contributed by atoms with E-state index >= 15 is 0 Å². The van der Waals surface area contributed by atoms with E-state index in [2.05, 4.69) is 218 Å². The molecule has 8 aromatic carbocycles. The van der Waals surface area contributed by atoms with Crippen molar-refractivity contribution in [1.82, 2.24) is 0 Å². The molecule has 0 radical (unpaired) electrons. The second-order valence-corrected chi connectivity index (χ2v) is 18.5. The lowest BCUT2D eigenvalue weighted by atomic mass is 9.83. The van der Waals surface area contributed by atoms with Gasteiger partial charge in [-0.15, -0.1) is 0 Å².